The molecule has 0 aromatic rings. The highest BCUT2D eigenvalue weighted by Gasteiger charge is 2.35. The van der Waals surface area contributed by atoms with Gasteiger partial charge in [-0.2, -0.15) is 0 Å². The molecule has 1 N–H and O–H groups in total. The standard InChI is InChI=1S/C23H42O3/c1-4-21-22(26-21)17-13-10-9-12-16-20(19(2)3)15-11-7-5-6-8-14-18-23(24)25/h11,15,19-22H,4-10,12-14,16-18H2,1-3H3,(H,24,25). The lowest BCUT2D eigenvalue weighted by Gasteiger charge is -2.16. The lowest BCUT2D eigenvalue weighted by atomic mass is 9.89. The van der Waals surface area contributed by atoms with Gasteiger partial charge in [0.25, 0.3) is 0 Å². The smallest absolute Gasteiger partial charge is 0.303 e. The number of aliphatic carboxylic acids is 1. The number of hydrogen-bond acceptors (Lipinski definition) is 2. The van der Waals surface area contributed by atoms with Gasteiger partial charge in [-0.25, -0.2) is 0 Å². The minimum atomic E-state index is -0.671. The van der Waals surface area contributed by atoms with Gasteiger partial charge in [0, 0.05) is 6.42 Å². The van der Waals surface area contributed by atoms with Crippen LogP contribution in [-0.4, -0.2) is 23.3 Å². The first-order valence-corrected chi connectivity index (χ1v) is 11.1. The van der Waals surface area contributed by atoms with Crippen LogP contribution < -0.4 is 0 Å². The van der Waals surface area contributed by atoms with E-state index in [2.05, 4.69) is 32.9 Å². The molecule has 3 heteroatoms. The highest BCUT2D eigenvalue weighted by Crippen LogP contribution is 2.30. The van der Waals surface area contributed by atoms with Gasteiger partial charge < -0.3 is 9.84 Å². The summed E-state index contributed by atoms with van der Waals surface area (Å²) in [5.41, 5.74) is 0. The first kappa shape index (κ1) is 23.2. The average Bonchev–Trinajstić information content (AvgIpc) is 3.36. The maximum atomic E-state index is 10.5. The maximum Gasteiger partial charge on any atom is 0.303 e. The zero-order valence-corrected chi connectivity index (χ0v) is 17.4. The van der Waals surface area contributed by atoms with Gasteiger partial charge >= 0.3 is 5.97 Å². The number of hydrogen-bond donors (Lipinski definition) is 1. The third-order valence-electron chi connectivity index (χ3n) is 5.62. The molecule has 152 valence electrons. The largest absolute Gasteiger partial charge is 0.481 e. The van der Waals surface area contributed by atoms with Crippen LogP contribution in [0.15, 0.2) is 12.2 Å². The van der Waals surface area contributed by atoms with Crippen LogP contribution in [0.1, 0.15) is 104 Å². The quantitative estimate of drug-likeness (QED) is 0.176. The van der Waals surface area contributed by atoms with E-state index < -0.39 is 5.97 Å². The summed E-state index contributed by atoms with van der Waals surface area (Å²) in [5.74, 6) is 0.751. The van der Waals surface area contributed by atoms with Crippen LogP contribution in [-0.2, 0) is 9.53 Å². The fraction of sp³-hybridized carbons (Fsp3) is 0.870. The molecule has 0 radical (unpaired) electrons. The molecule has 26 heavy (non-hydrogen) atoms. The predicted molar refractivity (Wildman–Crippen MR) is 109 cm³/mol. The number of epoxide rings is 1. The summed E-state index contributed by atoms with van der Waals surface area (Å²) in [7, 11) is 0. The number of rotatable bonds is 17. The molecule has 1 aliphatic rings. The lowest BCUT2D eigenvalue weighted by Crippen LogP contribution is -2.05. The Morgan fingerprint density at radius 1 is 1.00 bits per heavy atom. The molecule has 3 atom stereocenters. The first-order chi connectivity index (χ1) is 12.5. The SMILES string of the molecule is CCC1OC1CCCCCCC(C=CCCCCCCC(=O)O)C(C)C. The van der Waals surface area contributed by atoms with Crippen molar-refractivity contribution in [3.8, 4) is 0 Å². The van der Waals surface area contributed by atoms with E-state index in [1.54, 1.807) is 0 Å². The molecule has 0 aromatic heterocycles. The van der Waals surface area contributed by atoms with Crippen molar-refractivity contribution < 1.29 is 14.6 Å². The molecule has 3 nitrogen and oxygen atoms in total. The molecule has 0 aromatic carbocycles. The van der Waals surface area contributed by atoms with Crippen LogP contribution in [0.25, 0.3) is 0 Å². The van der Waals surface area contributed by atoms with Crippen molar-refractivity contribution in [3.05, 3.63) is 12.2 Å². The second-order valence-corrected chi connectivity index (χ2v) is 8.30. The van der Waals surface area contributed by atoms with Crippen LogP contribution >= 0.6 is 0 Å². The van der Waals surface area contributed by atoms with Gasteiger partial charge in [0.1, 0.15) is 0 Å². The summed E-state index contributed by atoms with van der Waals surface area (Å²) in [4.78, 5) is 10.5. The molecule has 1 aliphatic heterocycles. The molecule has 3 unspecified atom stereocenters. The average molecular weight is 367 g/mol. The summed E-state index contributed by atoms with van der Waals surface area (Å²) in [6, 6.07) is 0. The Morgan fingerprint density at radius 2 is 1.69 bits per heavy atom. The van der Waals surface area contributed by atoms with E-state index in [1.165, 1.54) is 51.4 Å². The Bertz CT molecular complexity index is 389. The normalized spacial score (nSPS) is 20.8. The molecule has 1 rings (SSSR count). The van der Waals surface area contributed by atoms with E-state index in [-0.39, 0.29) is 0 Å². The van der Waals surface area contributed by atoms with Gasteiger partial charge in [0.2, 0.25) is 0 Å². The number of carboxylic acid groups (broad SMARTS) is 1. The van der Waals surface area contributed by atoms with E-state index in [0.29, 0.717) is 30.5 Å². The molecule has 0 amide bonds. The number of carbonyl (C=O) groups is 1. The van der Waals surface area contributed by atoms with E-state index in [0.717, 1.165) is 25.7 Å². The van der Waals surface area contributed by atoms with Crippen molar-refractivity contribution in [3.63, 3.8) is 0 Å². The Kier molecular flexibility index (Phi) is 12.7. The van der Waals surface area contributed by atoms with Crippen molar-refractivity contribution in [1.82, 2.24) is 0 Å². The van der Waals surface area contributed by atoms with Crippen molar-refractivity contribution in [1.29, 1.82) is 0 Å². The van der Waals surface area contributed by atoms with Crippen LogP contribution in [0.4, 0.5) is 0 Å². The van der Waals surface area contributed by atoms with Gasteiger partial charge in [0.15, 0.2) is 0 Å². The van der Waals surface area contributed by atoms with E-state index in [4.69, 9.17) is 9.84 Å². The molecule has 0 saturated carbocycles. The monoisotopic (exact) mass is 366 g/mol. The van der Waals surface area contributed by atoms with Crippen molar-refractivity contribution in [2.75, 3.05) is 0 Å². The number of unbranched alkanes of at least 4 members (excludes halogenated alkanes) is 7. The molecule has 1 fully saturated rings. The van der Waals surface area contributed by atoms with Crippen LogP contribution in [0.5, 0.6) is 0 Å². The number of ether oxygens (including phenoxy) is 1. The molecule has 0 spiro atoms. The maximum absolute atomic E-state index is 10.5. The van der Waals surface area contributed by atoms with E-state index >= 15 is 0 Å². The highest BCUT2D eigenvalue weighted by atomic mass is 16.6. The topological polar surface area (TPSA) is 49.8 Å². The number of carboxylic acids is 1. The van der Waals surface area contributed by atoms with Crippen molar-refractivity contribution in [2.45, 2.75) is 116 Å². The zero-order chi connectivity index (χ0) is 19.2. The summed E-state index contributed by atoms with van der Waals surface area (Å²) < 4.78 is 5.60. The van der Waals surface area contributed by atoms with Gasteiger partial charge in [-0.15, -0.1) is 0 Å². The summed E-state index contributed by atoms with van der Waals surface area (Å²) in [6.45, 7) is 6.87. The fourth-order valence-electron chi connectivity index (χ4n) is 3.69. The van der Waals surface area contributed by atoms with Gasteiger partial charge in [-0.3, -0.25) is 4.79 Å². The third kappa shape index (κ3) is 11.7. The van der Waals surface area contributed by atoms with Crippen LogP contribution in [0.2, 0.25) is 0 Å². The van der Waals surface area contributed by atoms with Gasteiger partial charge in [-0.05, 0) is 50.4 Å². The Morgan fingerprint density at radius 3 is 2.35 bits per heavy atom. The Labute approximate surface area is 161 Å². The first-order valence-electron chi connectivity index (χ1n) is 11.1. The van der Waals surface area contributed by atoms with E-state index in [9.17, 15) is 4.79 Å². The molecule has 1 heterocycles. The van der Waals surface area contributed by atoms with Crippen LogP contribution in [0, 0.1) is 11.8 Å². The Hall–Kier alpha value is -0.830. The minimum Gasteiger partial charge on any atom is -0.481 e. The van der Waals surface area contributed by atoms with Crippen molar-refractivity contribution >= 4 is 5.97 Å². The highest BCUT2D eigenvalue weighted by molar-refractivity contribution is 5.66. The van der Waals surface area contributed by atoms with Gasteiger partial charge in [0.05, 0.1) is 12.2 Å². The third-order valence-corrected chi connectivity index (χ3v) is 5.62. The molecule has 1 saturated heterocycles. The molecular formula is C23H42O3. The molecule has 0 aliphatic carbocycles. The molecular weight excluding hydrogens is 324 g/mol. The summed E-state index contributed by atoms with van der Waals surface area (Å²) in [6.07, 6.45) is 20.7. The number of allylic oxidation sites excluding steroid dienone is 2. The predicted octanol–water partition coefficient (Wildman–Crippen LogP) is 6.76. The van der Waals surface area contributed by atoms with E-state index in [1.807, 2.05) is 0 Å². The Balaban J connectivity index is 1.99. The lowest BCUT2D eigenvalue weighted by molar-refractivity contribution is -0.137. The zero-order valence-electron chi connectivity index (χ0n) is 17.4. The van der Waals surface area contributed by atoms with Crippen LogP contribution in [0.3, 0.4) is 0 Å². The second kappa shape index (κ2) is 14.3. The van der Waals surface area contributed by atoms with Crippen molar-refractivity contribution in [2.24, 2.45) is 11.8 Å². The van der Waals surface area contributed by atoms with Gasteiger partial charge in [-0.1, -0.05) is 71.4 Å². The summed E-state index contributed by atoms with van der Waals surface area (Å²) in [5, 5.41) is 8.62. The second-order valence-electron chi connectivity index (χ2n) is 8.30. The molecule has 0 bridgehead atoms. The fourth-order valence-corrected chi connectivity index (χ4v) is 3.69. The minimum absolute atomic E-state index is 0.318. The summed E-state index contributed by atoms with van der Waals surface area (Å²) >= 11 is 0.